The lowest BCUT2D eigenvalue weighted by molar-refractivity contribution is -0.394. The molecule has 0 aromatic heterocycles. The molecule has 2 aromatic carbocycles. The first-order chi connectivity index (χ1) is 15.7. The van der Waals surface area contributed by atoms with Crippen molar-refractivity contribution in [2.45, 2.75) is 32.1 Å². The van der Waals surface area contributed by atoms with Gasteiger partial charge in [0.1, 0.15) is 0 Å². The number of nitro benzene ring substituents is 2. The van der Waals surface area contributed by atoms with Gasteiger partial charge in [0.05, 0.1) is 21.5 Å². The molecular weight excluding hydrogens is 434 g/mol. The molecule has 3 amide bonds. The number of carbonyl (C=O) groups excluding carboxylic acids is 3. The van der Waals surface area contributed by atoms with E-state index < -0.39 is 33.0 Å². The fraction of sp³-hybridized carbons (Fsp3) is 0.286. The van der Waals surface area contributed by atoms with Gasteiger partial charge >= 0.3 is 0 Å². The second-order valence-electron chi connectivity index (χ2n) is 7.56. The van der Waals surface area contributed by atoms with Crippen LogP contribution in [0.25, 0.3) is 0 Å². The molecule has 1 saturated carbocycles. The number of carbonyl (C=O) groups is 3. The van der Waals surface area contributed by atoms with E-state index in [4.69, 9.17) is 0 Å². The molecule has 0 atom stereocenters. The lowest BCUT2D eigenvalue weighted by Gasteiger charge is -2.20. The summed E-state index contributed by atoms with van der Waals surface area (Å²) in [7, 11) is 0. The SMILES string of the molecule is O=C(NNC(=O)c1cc([N+](=O)[O-])cc([N+](=O)[O-])c1)c1ccc(NC(=O)C2CCCCC2)cc1. The number of anilines is 1. The van der Waals surface area contributed by atoms with Crippen molar-refractivity contribution in [3.8, 4) is 0 Å². The second-order valence-corrected chi connectivity index (χ2v) is 7.56. The van der Waals surface area contributed by atoms with Crippen molar-refractivity contribution in [2.75, 3.05) is 5.32 Å². The highest BCUT2D eigenvalue weighted by molar-refractivity contribution is 6.00. The molecule has 0 spiro atoms. The summed E-state index contributed by atoms with van der Waals surface area (Å²) in [6, 6.07) is 8.47. The molecular formula is C21H21N5O7. The van der Waals surface area contributed by atoms with Crippen molar-refractivity contribution in [3.63, 3.8) is 0 Å². The van der Waals surface area contributed by atoms with E-state index in [-0.39, 0.29) is 23.0 Å². The fourth-order valence-corrected chi connectivity index (χ4v) is 3.51. The van der Waals surface area contributed by atoms with Crippen molar-refractivity contribution in [3.05, 3.63) is 73.8 Å². The molecule has 0 aliphatic heterocycles. The molecule has 1 aliphatic carbocycles. The predicted octanol–water partition coefficient (Wildman–Crippen LogP) is 3.10. The topological polar surface area (TPSA) is 174 Å². The van der Waals surface area contributed by atoms with E-state index in [1.807, 2.05) is 0 Å². The van der Waals surface area contributed by atoms with Crippen LogP contribution in [0, 0.1) is 26.1 Å². The summed E-state index contributed by atoms with van der Waals surface area (Å²) in [6.07, 6.45) is 4.93. The van der Waals surface area contributed by atoms with Gasteiger partial charge in [-0.3, -0.25) is 45.5 Å². The Labute approximate surface area is 187 Å². The van der Waals surface area contributed by atoms with Crippen molar-refractivity contribution in [1.82, 2.24) is 10.9 Å². The molecule has 33 heavy (non-hydrogen) atoms. The van der Waals surface area contributed by atoms with Crippen molar-refractivity contribution in [2.24, 2.45) is 5.92 Å². The zero-order valence-corrected chi connectivity index (χ0v) is 17.4. The van der Waals surface area contributed by atoms with Crippen LogP contribution in [-0.4, -0.2) is 27.6 Å². The van der Waals surface area contributed by atoms with Gasteiger partial charge in [-0.05, 0) is 37.1 Å². The summed E-state index contributed by atoms with van der Waals surface area (Å²) in [5.74, 6) is -1.72. The van der Waals surface area contributed by atoms with E-state index in [9.17, 15) is 34.6 Å². The lowest BCUT2D eigenvalue weighted by atomic mass is 9.88. The average Bonchev–Trinajstić information content (AvgIpc) is 2.82. The monoisotopic (exact) mass is 455 g/mol. The maximum absolute atomic E-state index is 12.3. The molecule has 12 nitrogen and oxygen atoms in total. The Kier molecular flexibility index (Phi) is 7.28. The number of nitrogens with one attached hydrogen (secondary N) is 3. The van der Waals surface area contributed by atoms with Gasteiger partial charge in [0.2, 0.25) is 5.91 Å². The van der Waals surface area contributed by atoms with Gasteiger partial charge in [-0.15, -0.1) is 0 Å². The summed E-state index contributed by atoms with van der Waals surface area (Å²) in [6.45, 7) is 0. The van der Waals surface area contributed by atoms with Crippen LogP contribution in [0.2, 0.25) is 0 Å². The number of nitrogens with zero attached hydrogens (tertiary/aromatic N) is 2. The van der Waals surface area contributed by atoms with Gasteiger partial charge in [-0.2, -0.15) is 0 Å². The Hall–Kier alpha value is -4.35. The molecule has 0 saturated heterocycles. The lowest BCUT2D eigenvalue weighted by Crippen LogP contribution is -2.41. The van der Waals surface area contributed by atoms with Gasteiger partial charge in [-0.25, -0.2) is 0 Å². The third kappa shape index (κ3) is 6.09. The molecule has 3 rings (SSSR count). The number of amides is 3. The van der Waals surface area contributed by atoms with Crippen molar-refractivity contribution < 1.29 is 24.2 Å². The zero-order valence-electron chi connectivity index (χ0n) is 17.4. The van der Waals surface area contributed by atoms with Crippen molar-refractivity contribution >= 4 is 34.8 Å². The number of rotatable bonds is 6. The maximum atomic E-state index is 12.3. The standard InChI is InChI=1S/C21H21N5O7/c27-19(13-4-2-1-3-5-13)22-16-8-6-14(7-9-16)20(28)23-24-21(29)15-10-17(25(30)31)12-18(11-15)26(32)33/h6-13H,1-5H2,(H,22,27)(H,23,28)(H,24,29). The molecule has 3 N–H and O–H groups in total. The Morgan fingerprint density at radius 1 is 0.758 bits per heavy atom. The van der Waals surface area contributed by atoms with Crippen LogP contribution in [0.3, 0.4) is 0 Å². The molecule has 0 bridgehead atoms. The van der Waals surface area contributed by atoms with E-state index in [1.165, 1.54) is 12.1 Å². The molecule has 2 aromatic rings. The van der Waals surface area contributed by atoms with E-state index in [2.05, 4.69) is 16.2 Å². The van der Waals surface area contributed by atoms with Crippen molar-refractivity contribution in [1.29, 1.82) is 0 Å². The first kappa shape index (κ1) is 23.3. The highest BCUT2D eigenvalue weighted by Crippen LogP contribution is 2.25. The summed E-state index contributed by atoms with van der Waals surface area (Å²) < 4.78 is 0. The third-order valence-electron chi connectivity index (χ3n) is 5.27. The molecule has 1 aliphatic rings. The van der Waals surface area contributed by atoms with Gasteiger partial charge in [0, 0.05) is 29.3 Å². The predicted molar refractivity (Wildman–Crippen MR) is 116 cm³/mol. The van der Waals surface area contributed by atoms with Crippen LogP contribution < -0.4 is 16.2 Å². The Morgan fingerprint density at radius 3 is 1.79 bits per heavy atom. The number of benzene rings is 2. The number of hydrogen-bond donors (Lipinski definition) is 3. The fourth-order valence-electron chi connectivity index (χ4n) is 3.51. The van der Waals surface area contributed by atoms with Gasteiger partial charge < -0.3 is 5.32 Å². The number of non-ortho nitro benzene ring substituents is 2. The van der Waals surface area contributed by atoms with E-state index in [0.29, 0.717) is 5.69 Å². The molecule has 12 heteroatoms. The summed E-state index contributed by atoms with van der Waals surface area (Å²) in [4.78, 5) is 57.0. The molecule has 0 radical (unpaired) electrons. The van der Waals surface area contributed by atoms with E-state index in [0.717, 1.165) is 50.3 Å². The van der Waals surface area contributed by atoms with Crippen LogP contribution in [0.4, 0.5) is 17.1 Å². The molecule has 172 valence electrons. The summed E-state index contributed by atoms with van der Waals surface area (Å²) in [5, 5.41) is 24.7. The van der Waals surface area contributed by atoms with Crippen LogP contribution in [0.1, 0.15) is 52.8 Å². The van der Waals surface area contributed by atoms with Crippen LogP contribution in [-0.2, 0) is 4.79 Å². The molecule has 0 unspecified atom stereocenters. The smallest absolute Gasteiger partial charge is 0.277 e. The molecule has 0 heterocycles. The first-order valence-electron chi connectivity index (χ1n) is 10.2. The number of nitro groups is 2. The summed E-state index contributed by atoms with van der Waals surface area (Å²) >= 11 is 0. The second kappa shape index (κ2) is 10.3. The van der Waals surface area contributed by atoms with E-state index in [1.54, 1.807) is 12.1 Å². The van der Waals surface area contributed by atoms with Gasteiger partial charge in [0.25, 0.3) is 23.2 Å². The third-order valence-corrected chi connectivity index (χ3v) is 5.27. The van der Waals surface area contributed by atoms with Gasteiger partial charge in [-0.1, -0.05) is 19.3 Å². The Balaban J connectivity index is 1.59. The number of hydrazine groups is 1. The van der Waals surface area contributed by atoms with Gasteiger partial charge in [0.15, 0.2) is 0 Å². The quantitative estimate of drug-likeness (QED) is 0.443. The zero-order chi connectivity index (χ0) is 24.0. The minimum absolute atomic E-state index is 0.0124. The Bertz CT molecular complexity index is 1060. The maximum Gasteiger partial charge on any atom is 0.277 e. The Morgan fingerprint density at radius 2 is 1.27 bits per heavy atom. The number of hydrogen-bond acceptors (Lipinski definition) is 7. The highest BCUT2D eigenvalue weighted by Gasteiger charge is 2.22. The van der Waals surface area contributed by atoms with Crippen LogP contribution >= 0.6 is 0 Å². The summed E-state index contributed by atoms with van der Waals surface area (Å²) in [5.41, 5.74) is 3.29. The first-order valence-corrected chi connectivity index (χ1v) is 10.2. The average molecular weight is 455 g/mol. The molecule has 1 fully saturated rings. The van der Waals surface area contributed by atoms with E-state index >= 15 is 0 Å². The minimum Gasteiger partial charge on any atom is -0.326 e. The minimum atomic E-state index is -0.966. The normalized spacial score (nSPS) is 13.6. The van der Waals surface area contributed by atoms with Crippen LogP contribution in [0.5, 0.6) is 0 Å². The highest BCUT2D eigenvalue weighted by atomic mass is 16.6. The largest absolute Gasteiger partial charge is 0.326 e. The van der Waals surface area contributed by atoms with Crippen LogP contribution in [0.15, 0.2) is 42.5 Å².